The van der Waals surface area contributed by atoms with Crippen LogP contribution >= 0.6 is 0 Å². The topological polar surface area (TPSA) is 87.0 Å². The van der Waals surface area contributed by atoms with Crippen molar-refractivity contribution < 1.29 is 9.13 Å². The van der Waals surface area contributed by atoms with Crippen molar-refractivity contribution in [3.8, 4) is 6.07 Å². The van der Waals surface area contributed by atoms with Gasteiger partial charge in [0.15, 0.2) is 5.82 Å². The second-order valence-corrected chi connectivity index (χ2v) is 7.96. The van der Waals surface area contributed by atoms with Crippen LogP contribution in [-0.2, 0) is 4.74 Å². The van der Waals surface area contributed by atoms with Gasteiger partial charge in [-0.2, -0.15) is 10.4 Å². The number of aromatic nitrogens is 3. The minimum atomic E-state index is -0.434. The summed E-state index contributed by atoms with van der Waals surface area (Å²) in [5.41, 5.74) is 4.29. The van der Waals surface area contributed by atoms with Crippen LogP contribution in [0.15, 0.2) is 24.4 Å². The number of rotatable bonds is 5. The van der Waals surface area contributed by atoms with E-state index in [1.54, 1.807) is 7.11 Å². The third kappa shape index (κ3) is 4.01. The molecule has 1 saturated heterocycles. The first-order chi connectivity index (χ1) is 14.9. The number of methoxy groups -OCH3 is 1. The summed E-state index contributed by atoms with van der Waals surface area (Å²) in [6, 6.07) is 6.55. The molecule has 160 valence electrons. The van der Waals surface area contributed by atoms with Gasteiger partial charge in [0.1, 0.15) is 5.82 Å². The molecule has 3 aromatic rings. The number of hydrogen-bond donors (Lipinski definition) is 1. The van der Waals surface area contributed by atoms with Crippen molar-refractivity contribution in [1.82, 2.24) is 15.2 Å². The molecule has 0 radical (unpaired) electrons. The quantitative estimate of drug-likeness (QED) is 0.666. The van der Waals surface area contributed by atoms with Gasteiger partial charge in [0.2, 0.25) is 0 Å². The molecular weight excluding hydrogens is 395 g/mol. The van der Waals surface area contributed by atoms with Crippen LogP contribution in [0.5, 0.6) is 0 Å². The third-order valence-corrected chi connectivity index (χ3v) is 5.97. The van der Waals surface area contributed by atoms with Crippen molar-refractivity contribution in [2.24, 2.45) is 0 Å². The Morgan fingerprint density at radius 1 is 1.29 bits per heavy atom. The molecule has 1 aliphatic heterocycles. The highest BCUT2D eigenvalue weighted by atomic mass is 19.1. The molecular formula is C23H25FN6O. The number of anilines is 2. The second-order valence-electron chi connectivity index (χ2n) is 7.96. The maximum atomic E-state index is 14.1. The first kappa shape index (κ1) is 20.9. The molecule has 2 atom stereocenters. The van der Waals surface area contributed by atoms with Crippen molar-refractivity contribution in [3.63, 3.8) is 0 Å². The van der Waals surface area contributed by atoms with Gasteiger partial charge < -0.3 is 15.0 Å². The molecule has 1 fully saturated rings. The van der Waals surface area contributed by atoms with Gasteiger partial charge >= 0.3 is 0 Å². The van der Waals surface area contributed by atoms with E-state index >= 15 is 0 Å². The first-order valence-corrected chi connectivity index (χ1v) is 10.3. The molecule has 0 spiro atoms. The van der Waals surface area contributed by atoms with Crippen molar-refractivity contribution in [2.75, 3.05) is 30.4 Å². The predicted octanol–water partition coefficient (Wildman–Crippen LogP) is 4.05. The monoisotopic (exact) mass is 420 g/mol. The second kappa shape index (κ2) is 8.44. The molecule has 1 aromatic carbocycles. The lowest BCUT2D eigenvalue weighted by atomic mass is 9.97. The summed E-state index contributed by atoms with van der Waals surface area (Å²) in [6.07, 6.45) is 3.05. The van der Waals surface area contributed by atoms with Gasteiger partial charge in [0, 0.05) is 25.6 Å². The standard InChI is InChI=1S/C23H25FN6O/c1-13-16(10-25)7-17(24)8-20(13)14(2)27-23-21-9-18(30-6-5-19(12-30)31-4)11-26-22(21)15(3)28-29-23/h7-9,11,14,19H,5-6,12H2,1-4H3,(H,27,29)/t14-,19+/m1/s1. The molecule has 3 heterocycles. The normalized spacial score (nSPS) is 17.0. The Balaban J connectivity index is 1.71. The third-order valence-electron chi connectivity index (χ3n) is 5.97. The van der Waals surface area contributed by atoms with Gasteiger partial charge in [-0.3, -0.25) is 4.98 Å². The van der Waals surface area contributed by atoms with E-state index in [0.29, 0.717) is 16.9 Å². The fourth-order valence-corrected chi connectivity index (χ4v) is 4.13. The summed E-state index contributed by atoms with van der Waals surface area (Å²) in [5.74, 6) is 0.142. The van der Waals surface area contributed by atoms with E-state index in [-0.39, 0.29) is 12.1 Å². The van der Waals surface area contributed by atoms with Gasteiger partial charge in [-0.15, -0.1) is 5.10 Å². The molecule has 7 nitrogen and oxygen atoms in total. The molecule has 8 heteroatoms. The van der Waals surface area contributed by atoms with Gasteiger partial charge in [0.05, 0.1) is 46.9 Å². The highest BCUT2D eigenvalue weighted by molar-refractivity contribution is 5.92. The van der Waals surface area contributed by atoms with Gasteiger partial charge in [-0.1, -0.05) is 0 Å². The molecule has 4 rings (SSSR count). The minimum Gasteiger partial charge on any atom is -0.380 e. The molecule has 0 amide bonds. The molecule has 1 N–H and O–H groups in total. The number of aryl methyl sites for hydroxylation is 1. The van der Waals surface area contributed by atoms with E-state index in [0.717, 1.165) is 47.4 Å². The van der Waals surface area contributed by atoms with E-state index in [4.69, 9.17) is 4.74 Å². The Bertz CT molecular complexity index is 1170. The zero-order valence-corrected chi connectivity index (χ0v) is 18.1. The lowest BCUT2D eigenvalue weighted by Gasteiger charge is -2.21. The predicted molar refractivity (Wildman–Crippen MR) is 118 cm³/mol. The van der Waals surface area contributed by atoms with Crippen molar-refractivity contribution in [3.05, 3.63) is 52.6 Å². The van der Waals surface area contributed by atoms with Crippen LogP contribution < -0.4 is 10.2 Å². The number of nitrogens with zero attached hydrogens (tertiary/aromatic N) is 5. The zero-order chi connectivity index (χ0) is 22.1. The van der Waals surface area contributed by atoms with E-state index in [2.05, 4.69) is 37.5 Å². The fraction of sp³-hybridized carbons (Fsp3) is 0.391. The molecule has 31 heavy (non-hydrogen) atoms. The van der Waals surface area contributed by atoms with E-state index < -0.39 is 5.82 Å². The maximum Gasteiger partial charge on any atom is 0.158 e. The van der Waals surface area contributed by atoms with Gasteiger partial charge in [0.25, 0.3) is 0 Å². The molecule has 2 aromatic heterocycles. The maximum absolute atomic E-state index is 14.1. The van der Waals surface area contributed by atoms with E-state index in [1.807, 2.05) is 27.0 Å². The zero-order valence-electron chi connectivity index (χ0n) is 18.1. The van der Waals surface area contributed by atoms with Crippen LogP contribution in [0.25, 0.3) is 10.9 Å². The van der Waals surface area contributed by atoms with Crippen LogP contribution in [0.3, 0.4) is 0 Å². The van der Waals surface area contributed by atoms with Crippen LogP contribution in [-0.4, -0.2) is 41.5 Å². The van der Waals surface area contributed by atoms with Gasteiger partial charge in [-0.05, 0) is 56.5 Å². The SMILES string of the molecule is CO[C@H]1CCN(c2cnc3c(C)nnc(N[C@H](C)c4cc(F)cc(C#N)c4C)c3c2)C1. The number of nitriles is 1. The summed E-state index contributed by atoms with van der Waals surface area (Å²) in [4.78, 5) is 6.90. The number of pyridine rings is 1. The molecule has 1 aliphatic rings. The Hall–Kier alpha value is -3.31. The van der Waals surface area contributed by atoms with Crippen molar-refractivity contribution in [2.45, 2.75) is 39.3 Å². The lowest BCUT2D eigenvalue weighted by Crippen LogP contribution is -2.22. The fourth-order valence-electron chi connectivity index (χ4n) is 4.13. The number of fused-ring (bicyclic) bond motifs is 1. The molecule has 0 unspecified atom stereocenters. The van der Waals surface area contributed by atoms with Crippen LogP contribution in [0.2, 0.25) is 0 Å². The first-order valence-electron chi connectivity index (χ1n) is 10.3. The Morgan fingerprint density at radius 3 is 2.81 bits per heavy atom. The highest BCUT2D eigenvalue weighted by Gasteiger charge is 2.23. The Kier molecular flexibility index (Phi) is 5.70. The van der Waals surface area contributed by atoms with Crippen molar-refractivity contribution in [1.29, 1.82) is 5.26 Å². The number of nitrogens with one attached hydrogen (secondary N) is 1. The lowest BCUT2D eigenvalue weighted by molar-refractivity contribution is 0.121. The molecule has 0 aliphatic carbocycles. The minimum absolute atomic E-state index is 0.218. The van der Waals surface area contributed by atoms with Crippen LogP contribution in [0.1, 0.15) is 41.8 Å². The summed E-state index contributed by atoms with van der Waals surface area (Å²) in [7, 11) is 1.74. The summed E-state index contributed by atoms with van der Waals surface area (Å²) < 4.78 is 19.5. The molecule has 0 bridgehead atoms. The number of benzene rings is 1. The largest absolute Gasteiger partial charge is 0.380 e. The van der Waals surface area contributed by atoms with E-state index in [1.165, 1.54) is 12.1 Å². The average Bonchev–Trinajstić information content (AvgIpc) is 3.26. The number of hydrogen-bond acceptors (Lipinski definition) is 7. The highest BCUT2D eigenvalue weighted by Crippen LogP contribution is 2.31. The number of halogens is 1. The smallest absolute Gasteiger partial charge is 0.158 e. The summed E-state index contributed by atoms with van der Waals surface area (Å²) in [5, 5.41) is 22.1. The summed E-state index contributed by atoms with van der Waals surface area (Å²) in [6.45, 7) is 7.34. The number of ether oxygens (including phenoxy) is 1. The Morgan fingerprint density at radius 2 is 2.10 bits per heavy atom. The van der Waals surface area contributed by atoms with Crippen LogP contribution in [0.4, 0.5) is 15.9 Å². The van der Waals surface area contributed by atoms with Gasteiger partial charge in [-0.25, -0.2) is 4.39 Å². The average molecular weight is 420 g/mol. The van der Waals surface area contributed by atoms with E-state index in [9.17, 15) is 9.65 Å². The van der Waals surface area contributed by atoms with Crippen LogP contribution in [0, 0.1) is 31.0 Å². The summed E-state index contributed by atoms with van der Waals surface area (Å²) >= 11 is 0. The molecule has 0 saturated carbocycles. The Labute approximate surface area is 180 Å². The van der Waals surface area contributed by atoms with Crippen molar-refractivity contribution >= 4 is 22.4 Å².